The minimum absolute atomic E-state index is 0.0307. The second-order valence-electron chi connectivity index (χ2n) is 7.47. The molecule has 0 aliphatic carbocycles. The van der Waals surface area contributed by atoms with Crippen molar-refractivity contribution in [3.63, 3.8) is 0 Å². The van der Waals surface area contributed by atoms with E-state index in [0.717, 1.165) is 42.2 Å². The second-order valence-corrected chi connectivity index (χ2v) is 7.47. The zero-order valence-corrected chi connectivity index (χ0v) is 16.3. The highest BCUT2D eigenvalue weighted by Crippen LogP contribution is 2.27. The predicted molar refractivity (Wildman–Crippen MR) is 109 cm³/mol. The van der Waals surface area contributed by atoms with Crippen LogP contribution < -0.4 is 0 Å². The Bertz CT molecular complexity index is 1160. The Morgan fingerprint density at radius 3 is 2.76 bits per heavy atom. The van der Waals surface area contributed by atoms with E-state index in [1.807, 2.05) is 75.6 Å². The number of carbonyl (C=O) groups excluding carboxylic acids is 1. The van der Waals surface area contributed by atoms with Crippen LogP contribution in [0.5, 0.6) is 0 Å². The number of aromatic nitrogens is 5. The first-order chi connectivity index (χ1) is 14.2. The minimum Gasteiger partial charge on any atom is -0.338 e. The summed E-state index contributed by atoms with van der Waals surface area (Å²) in [5.74, 6) is 1.13. The highest BCUT2D eigenvalue weighted by atomic mass is 16.2. The highest BCUT2D eigenvalue weighted by Gasteiger charge is 2.30. The number of benzene rings is 1. The summed E-state index contributed by atoms with van der Waals surface area (Å²) in [7, 11) is 0. The summed E-state index contributed by atoms with van der Waals surface area (Å²) in [6.07, 6.45) is 5.62. The lowest BCUT2D eigenvalue weighted by Gasteiger charge is -2.32. The van der Waals surface area contributed by atoms with Gasteiger partial charge >= 0.3 is 0 Å². The molecule has 0 saturated carbocycles. The number of carbonyl (C=O) groups is 1. The molecular weight excluding hydrogens is 364 g/mol. The molecule has 1 atom stereocenters. The SMILES string of the molecule is Cc1c(C(=O)N2CCCC(c3nnc4ccccn34)C2)cnn1-c1ccccc1. The molecule has 1 saturated heterocycles. The van der Waals surface area contributed by atoms with Gasteiger partial charge in [0, 0.05) is 25.2 Å². The summed E-state index contributed by atoms with van der Waals surface area (Å²) in [6, 6.07) is 15.8. The van der Waals surface area contributed by atoms with Crippen LogP contribution in [0.25, 0.3) is 11.3 Å². The third-order valence-corrected chi connectivity index (χ3v) is 5.65. The monoisotopic (exact) mass is 386 g/mol. The van der Waals surface area contributed by atoms with Crippen molar-refractivity contribution in [3.05, 3.63) is 78.0 Å². The highest BCUT2D eigenvalue weighted by molar-refractivity contribution is 5.95. The molecular formula is C22H22N6O. The fraction of sp³-hybridized carbons (Fsp3) is 0.273. The standard InChI is InChI=1S/C22H22N6O/c1-16-19(14-23-28(16)18-9-3-2-4-10-18)22(29)26-12-7-8-17(15-26)21-25-24-20-11-5-6-13-27(20)21/h2-6,9-11,13-14,17H,7-8,12,15H2,1H3. The van der Waals surface area contributed by atoms with E-state index in [2.05, 4.69) is 15.3 Å². The van der Waals surface area contributed by atoms with Crippen molar-refractivity contribution in [3.8, 4) is 5.69 Å². The van der Waals surface area contributed by atoms with Crippen LogP contribution in [0.1, 0.15) is 40.6 Å². The van der Waals surface area contributed by atoms with Gasteiger partial charge in [-0.2, -0.15) is 5.10 Å². The molecule has 1 aliphatic rings. The fourth-order valence-corrected chi connectivity index (χ4v) is 4.13. The zero-order valence-electron chi connectivity index (χ0n) is 16.3. The fourth-order valence-electron chi connectivity index (χ4n) is 4.13. The summed E-state index contributed by atoms with van der Waals surface area (Å²) in [4.78, 5) is 15.2. The van der Waals surface area contributed by atoms with Crippen LogP contribution in [-0.2, 0) is 0 Å². The molecule has 5 rings (SSSR count). The minimum atomic E-state index is 0.0307. The molecule has 1 aliphatic heterocycles. The first-order valence-electron chi connectivity index (χ1n) is 9.91. The van der Waals surface area contributed by atoms with Gasteiger partial charge in [-0.15, -0.1) is 10.2 Å². The maximum absolute atomic E-state index is 13.3. The Balaban J connectivity index is 1.40. The van der Waals surface area contributed by atoms with Gasteiger partial charge in [0.15, 0.2) is 5.65 Å². The van der Waals surface area contributed by atoms with Crippen LogP contribution in [0.15, 0.2) is 60.9 Å². The van der Waals surface area contributed by atoms with Crippen LogP contribution in [0.2, 0.25) is 0 Å². The number of pyridine rings is 1. The number of fused-ring (bicyclic) bond motifs is 1. The van der Waals surface area contributed by atoms with Crippen molar-refractivity contribution in [1.82, 2.24) is 29.3 Å². The summed E-state index contributed by atoms with van der Waals surface area (Å²) in [6.45, 7) is 3.34. The first-order valence-corrected chi connectivity index (χ1v) is 9.91. The number of para-hydroxylation sites is 1. The molecule has 1 amide bonds. The molecule has 4 aromatic rings. The summed E-state index contributed by atoms with van der Waals surface area (Å²) in [5.41, 5.74) is 3.30. The normalized spacial score (nSPS) is 17.0. The number of hydrogen-bond donors (Lipinski definition) is 0. The lowest BCUT2D eigenvalue weighted by atomic mass is 9.96. The van der Waals surface area contributed by atoms with E-state index >= 15 is 0 Å². The molecule has 0 radical (unpaired) electrons. The molecule has 3 aromatic heterocycles. The number of amides is 1. The van der Waals surface area contributed by atoms with Gasteiger partial charge in [0.25, 0.3) is 5.91 Å². The smallest absolute Gasteiger partial charge is 0.257 e. The van der Waals surface area contributed by atoms with Crippen LogP contribution in [-0.4, -0.2) is 48.3 Å². The van der Waals surface area contributed by atoms with Gasteiger partial charge in [0.1, 0.15) is 5.82 Å². The number of rotatable bonds is 3. The van der Waals surface area contributed by atoms with Crippen molar-refractivity contribution in [2.24, 2.45) is 0 Å². The number of piperidine rings is 1. The van der Waals surface area contributed by atoms with Gasteiger partial charge < -0.3 is 4.90 Å². The average Bonchev–Trinajstić information content (AvgIpc) is 3.38. The van der Waals surface area contributed by atoms with Gasteiger partial charge in [0.05, 0.1) is 23.1 Å². The summed E-state index contributed by atoms with van der Waals surface area (Å²) in [5, 5.41) is 13.1. The summed E-state index contributed by atoms with van der Waals surface area (Å²) >= 11 is 0. The van der Waals surface area contributed by atoms with E-state index in [0.29, 0.717) is 12.1 Å². The Morgan fingerprint density at radius 2 is 1.90 bits per heavy atom. The average molecular weight is 386 g/mol. The molecule has 0 spiro atoms. The molecule has 7 nitrogen and oxygen atoms in total. The van der Waals surface area contributed by atoms with E-state index in [-0.39, 0.29) is 11.8 Å². The molecule has 0 bridgehead atoms. The topological polar surface area (TPSA) is 68.3 Å². The predicted octanol–water partition coefficient (Wildman–Crippen LogP) is 3.24. The summed E-state index contributed by atoms with van der Waals surface area (Å²) < 4.78 is 3.85. The number of hydrogen-bond acceptors (Lipinski definition) is 4. The van der Waals surface area contributed by atoms with Gasteiger partial charge in [-0.3, -0.25) is 9.20 Å². The van der Waals surface area contributed by atoms with E-state index in [9.17, 15) is 4.79 Å². The van der Waals surface area contributed by atoms with E-state index in [1.54, 1.807) is 6.20 Å². The third kappa shape index (κ3) is 3.08. The molecule has 1 fully saturated rings. The quantitative estimate of drug-likeness (QED) is 0.542. The second kappa shape index (κ2) is 7.16. The molecule has 29 heavy (non-hydrogen) atoms. The largest absolute Gasteiger partial charge is 0.338 e. The van der Waals surface area contributed by atoms with Gasteiger partial charge in [-0.1, -0.05) is 24.3 Å². The van der Waals surface area contributed by atoms with Gasteiger partial charge in [-0.25, -0.2) is 4.68 Å². The van der Waals surface area contributed by atoms with E-state index in [1.165, 1.54) is 0 Å². The number of nitrogens with zero attached hydrogens (tertiary/aromatic N) is 6. The van der Waals surface area contributed by atoms with Gasteiger partial charge in [0.2, 0.25) is 0 Å². The van der Waals surface area contributed by atoms with E-state index in [4.69, 9.17) is 0 Å². The lowest BCUT2D eigenvalue weighted by molar-refractivity contribution is 0.0703. The van der Waals surface area contributed by atoms with Crippen molar-refractivity contribution in [2.75, 3.05) is 13.1 Å². The Kier molecular flexibility index (Phi) is 4.35. The van der Waals surface area contributed by atoms with Crippen molar-refractivity contribution >= 4 is 11.6 Å². The Hall–Kier alpha value is -3.48. The number of likely N-dealkylation sites (tertiary alicyclic amines) is 1. The van der Waals surface area contributed by atoms with Crippen LogP contribution in [0.3, 0.4) is 0 Å². The molecule has 1 aromatic carbocycles. The molecule has 0 N–H and O–H groups in total. The lowest BCUT2D eigenvalue weighted by Crippen LogP contribution is -2.39. The molecule has 146 valence electrons. The molecule has 4 heterocycles. The van der Waals surface area contributed by atoms with E-state index < -0.39 is 0 Å². The van der Waals surface area contributed by atoms with Crippen molar-refractivity contribution in [1.29, 1.82) is 0 Å². The maximum atomic E-state index is 13.3. The maximum Gasteiger partial charge on any atom is 0.257 e. The van der Waals surface area contributed by atoms with Crippen LogP contribution in [0.4, 0.5) is 0 Å². The van der Waals surface area contributed by atoms with Crippen LogP contribution in [0, 0.1) is 6.92 Å². The van der Waals surface area contributed by atoms with Crippen molar-refractivity contribution < 1.29 is 4.79 Å². The Morgan fingerprint density at radius 1 is 1.07 bits per heavy atom. The molecule has 1 unspecified atom stereocenters. The Labute approximate surface area is 168 Å². The molecule has 7 heteroatoms. The van der Waals surface area contributed by atoms with Gasteiger partial charge in [-0.05, 0) is 44.0 Å². The van der Waals surface area contributed by atoms with Crippen molar-refractivity contribution in [2.45, 2.75) is 25.7 Å². The first kappa shape index (κ1) is 17.6. The van der Waals surface area contributed by atoms with Crippen LogP contribution >= 0.6 is 0 Å². The third-order valence-electron chi connectivity index (χ3n) is 5.65. The zero-order chi connectivity index (χ0) is 19.8.